The summed E-state index contributed by atoms with van der Waals surface area (Å²) in [6.07, 6.45) is 8.37. The molecule has 2 aromatic carbocycles. The van der Waals surface area contributed by atoms with Crippen LogP contribution in [0.2, 0.25) is 5.02 Å². The highest BCUT2D eigenvalue weighted by Crippen LogP contribution is 2.33. The molecule has 74 heavy (non-hydrogen) atoms. The average Bonchev–Trinajstić information content (AvgIpc) is 4.14. The largest absolute Gasteiger partial charge is 0.496 e. The predicted molar refractivity (Wildman–Crippen MR) is 280 cm³/mol. The van der Waals surface area contributed by atoms with E-state index < -0.39 is 18.6 Å². The van der Waals surface area contributed by atoms with Crippen LogP contribution in [0.15, 0.2) is 53.1 Å². The zero-order chi connectivity index (χ0) is 52.8. The number of ether oxygens (including phenoxy) is 5. The minimum atomic E-state index is -0.907. The lowest BCUT2D eigenvalue weighted by atomic mass is 10.0. The monoisotopic (exact) mass is 1070 g/mol. The molecule has 20 nitrogen and oxygen atoms in total. The van der Waals surface area contributed by atoms with Crippen molar-refractivity contribution in [3.05, 3.63) is 65.1 Å². The maximum Gasteiger partial charge on any atom is 0.315 e. The number of benzene rings is 2. The summed E-state index contributed by atoms with van der Waals surface area (Å²) in [5.41, 5.74) is 0.925. The summed E-state index contributed by atoms with van der Waals surface area (Å²) >= 11 is 8.07. The number of hydrogen-bond acceptors (Lipinski definition) is 14. The number of oxazole rings is 1. The molecule has 0 unspecified atom stereocenters. The average molecular weight is 1070 g/mol. The molecule has 2 fully saturated rings. The molecular formula is C51H73ClFN9O11S. The topological polar surface area (TPSA) is 266 Å². The number of amidine groups is 1. The van der Waals surface area contributed by atoms with Crippen molar-refractivity contribution >= 4 is 58.9 Å². The maximum atomic E-state index is 13.7. The van der Waals surface area contributed by atoms with Gasteiger partial charge in [0.25, 0.3) is 5.91 Å². The van der Waals surface area contributed by atoms with E-state index in [9.17, 15) is 28.4 Å². The summed E-state index contributed by atoms with van der Waals surface area (Å²) in [5, 5.41) is 28.8. The molecule has 0 bridgehead atoms. The quantitative estimate of drug-likeness (QED) is 0.0150. The molecule has 6 amide bonds. The second-order valence-corrected chi connectivity index (χ2v) is 19.4. The van der Waals surface area contributed by atoms with Crippen LogP contribution in [-0.2, 0) is 28.6 Å². The summed E-state index contributed by atoms with van der Waals surface area (Å²) in [4.78, 5) is 66.5. The Morgan fingerprint density at radius 3 is 2.12 bits per heavy atom. The molecule has 23 heteroatoms. The molecule has 1 aromatic heterocycles. The highest BCUT2D eigenvalue weighted by molar-refractivity contribution is 8.00. The maximum absolute atomic E-state index is 13.7. The molecule has 5 rings (SSSR count). The zero-order valence-electron chi connectivity index (χ0n) is 42.2. The number of alkyl halides is 1. The van der Waals surface area contributed by atoms with E-state index in [2.05, 4.69) is 42.2 Å². The summed E-state index contributed by atoms with van der Waals surface area (Å²) in [5.74, 6) is 1.44. The number of fused-ring (bicyclic) bond motifs is 1. The van der Waals surface area contributed by atoms with Crippen molar-refractivity contribution in [2.45, 2.75) is 100 Å². The smallest absolute Gasteiger partial charge is 0.315 e. The van der Waals surface area contributed by atoms with Gasteiger partial charge in [-0.2, -0.15) is 11.8 Å². The number of unbranched alkanes of at least 4 members (excludes halogenated alkanes) is 1. The number of methoxy groups -OCH3 is 1. The van der Waals surface area contributed by atoms with E-state index in [4.69, 9.17) is 45.1 Å². The van der Waals surface area contributed by atoms with Crippen LogP contribution in [0, 0.1) is 5.41 Å². The van der Waals surface area contributed by atoms with E-state index in [-0.39, 0.29) is 72.6 Å². The Bertz CT molecular complexity index is 2230. The lowest BCUT2D eigenvalue weighted by Gasteiger charge is -2.18. The van der Waals surface area contributed by atoms with Crippen molar-refractivity contribution in [3.63, 3.8) is 0 Å². The molecule has 3 heterocycles. The summed E-state index contributed by atoms with van der Waals surface area (Å²) in [6.45, 7) is 3.80. The van der Waals surface area contributed by atoms with Crippen molar-refractivity contribution in [2.24, 2.45) is 0 Å². The number of carbonyl (C=O) groups is 5. The van der Waals surface area contributed by atoms with Crippen molar-refractivity contribution in [1.82, 2.24) is 42.2 Å². The number of halogens is 2. The van der Waals surface area contributed by atoms with Gasteiger partial charge in [0.15, 0.2) is 5.76 Å². The van der Waals surface area contributed by atoms with Gasteiger partial charge in [-0.3, -0.25) is 24.6 Å². The summed E-state index contributed by atoms with van der Waals surface area (Å²) in [6, 6.07) is 11.6. The number of aromatic nitrogens is 1. The van der Waals surface area contributed by atoms with Gasteiger partial charge in [-0.1, -0.05) is 30.2 Å². The predicted octanol–water partition coefficient (Wildman–Crippen LogP) is 5.63. The van der Waals surface area contributed by atoms with Gasteiger partial charge < -0.3 is 65.3 Å². The fourth-order valence-electron chi connectivity index (χ4n) is 8.05. The second kappa shape index (κ2) is 34.0. The Balaban J connectivity index is 0.830. The Morgan fingerprint density at radius 2 is 1.46 bits per heavy atom. The minimum absolute atomic E-state index is 0.0524. The van der Waals surface area contributed by atoms with Crippen LogP contribution in [0.3, 0.4) is 0 Å². The standard InChI is InChI=1S/C51H73ClFN9O11S/c1-68-41-18-17-37(31-38(41)49(66)60-39(12-6-19-55-44(54)32-53)50-59-33-42(73-50)35-10-4-11-36(52)30-35)72-25-9-22-58-47(65)16-5-15-46(64)57-21-8-24-70-27-29-71-28-26-69-23-7-20-56-45(63)14-3-2-13-43-48-40(34-74-43)61-51(67)62-48/h4,10-11,17-18,30-31,33,39-40,43,48H,2-3,5-9,12-16,19-29,32,34H2,1H3,(H2,54,55)(H,56,63)(H,57,64)(H,58,65)(H,60,66)(H2,61,62,67)/t39-,40-,43-,48-/m0/s1. The van der Waals surface area contributed by atoms with E-state index in [1.807, 2.05) is 17.8 Å². The first-order valence-electron chi connectivity index (χ1n) is 25.5. The number of rotatable bonds is 38. The first-order chi connectivity index (χ1) is 36.0. The van der Waals surface area contributed by atoms with Gasteiger partial charge >= 0.3 is 6.03 Å². The summed E-state index contributed by atoms with van der Waals surface area (Å²) < 4.78 is 47.0. The van der Waals surface area contributed by atoms with Gasteiger partial charge in [0.1, 0.15) is 30.1 Å². The first-order valence-corrected chi connectivity index (χ1v) is 26.9. The minimum Gasteiger partial charge on any atom is -0.496 e. The van der Waals surface area contributed by atoms with E-state index in [1.54, 1.807) is 42.6 Å². The van der Waals surface area contributed by atoms with Gasteiger partial charge in [0.05, 0.1) is 64.0 Å². The molecular weight excluding hydrogens is 1000 g/mol. The fourth-order valence-corrected chi connectivity index (χ4v) is 9.78. The van der Waals surface area contributed by atoms with Gasteiger partial charge in [-0.15, -0.1) is 0 Å². The normalized spacial score (nSPS) is 16.1. The first kappa shape index (κ1) is 59.2. The molecule has 0 spiro atoms. The van der Waals surface area contributed by atoms with Crippen molar-refractivity contribution < 1.29 is 56.5 Å². The molecule has 2 aliphatic rings. The molecule has 8 N–H and O–H groups in total. The fraction of sp³-hybridized carbons (Fsp3) is 0.588. The zero-order valence-corrected chi connectivity index (χ0v) is 43.8. The molecule has 408 valence electrons. The molecule has 3 aromatic rings. The third-order valence-corrected chi connectivity index (χ3v) is 13.7. The van der Waals surface area contributed by atoms with Crippen LogP contribution in [0.25, 0.3) is 11.3 Å². The molecule has 0 aliphatic carbocycles. The van der Waals surface area contributed by atoms with Gasteiger partial charge in [-0.05, 0) is 81.7 Å². The number of nitrogens with zero attached hydrogens (tertiary/aromatic N) is 1. The number of nitrogens with one attached hydrogen (secondary N) is 8. The van der Waals surface area contributed by atoms with E-state index in [0.29, 0.717) is 137 Å². The Kier molecular flexibility index (Phi) is 27.2. The van der Waals surface area contributed by atoms with Crippen LogP contribution in [0.4, 0.5) is 9.18 Å². The van der Waals surface area contributed by atoms with Gasteiger partial charge in [-0.25, -0.2) is 14.2 Å². The van der Waals surface area contributed by atoms with Crippen molar-refractivity contribution in [1.29, 1.82) is 5.41 Å². The molecule has 2 aliphatic heterocycles. The number of hydrogen-bond donors (Lipinski definition) is 8. The number of amides is 6. The van der Waals surface area contributed by atoms with Crippen molar-refractivity contribution in [3.8, 4) is 22.8 Å². The highest BCUT2D eigenvalue weighted by Gasteiger charge is 2.42. The van der Waals surface area contributed by atoms with E-state index >= 15 is 0 Å². The molecule has 0 radical (unpaired) electrons. The molecule has 2 saturated heterocycles. The lowest BCUT2D eigenvalue weighted by molar-refractivity contribution is -0.123. The molecule has 4 atom stereocenters. The van der Waals surface area contributed by atoms with Crippen LogP contribution >= 0.6 is 23.4 Å². The van der Waals surface area contributed by atoms with E-state index in [1.165, 1.54) is 7.11 Å². The van der Waals surface area contributed by atoms with Gasteiger partial charge in [0.2, 0.25) is 23.6 Å². The van der Waals surface area contributed by atoms with Crippen LogP contribution in [-0.4, -0.2) is 150 Å². The van der Waals surface area contributed by atoms with Crippen LogP contribution in [0.1, 0.15) is 99.3 Å². The number of carbonyl (C=O) groups excluding carboxylic acids is 5. The lowest BCUT2D eigenvalue weighted by Crippen LogP contribution is -2.36. The van der Waals surface area contributed by atoms with Crippen molar-refractivity contribution in [2.75, 3.05) is 92.0 Å². The van der Waals surface area contributed by atoms with E-state index in [0.717, 1.165) is 31.4 Å². The van der Waals surface area contributed by atoms with Crippen LogP contribution in [0.5, 0.6) is 11.5 Å². The highest BCUT2D eigenvalue weighted by atomic mass is 35.5. The SMILES string of the molecule is COc1ccc(OCCCNC(=O)CCCC(=O)NCCCOCCOCCOCCCNC(=O)CCCC[C@@H]2SC[C@@H]3NC(=O)N[C@@H]32)cc1C(=O)N[C@@H](CCCNC(=N)CF)c1ncc(-c2cccc(Cl)c2)o1. The third-order valence-electron chi connectivity index (χ3n) is 11.9. The number of thioether (sulfide) groups is 1. The Labute approximate surface area is 441 Å². The Hall–Kier alpha value is -5.68. The molecule has 0 saturated carbocycles. The van der Waals surface area contributed by atoms with Gasteiger partial charge in [0, 0.05) is 80.2 Å². The Morgan fingerprint density at radius 1 is 0.811 bits per heavy atom. The van der Waals surface area contributed by atoms with Crippen LogP contribution < -0.4 is 46.7 Å². The summed E-state index contributed by atoms with van der Waals surface area (Å²) in [7, 11) is 1.45. The number of urea groups is 1. The third kappa shape index (κ3) is 22.0. The second-order valence-electron chi connectivity index (χ2n) is 17.7.